The van der Waals surface area contributed by atoms with Gasteiger partial charge in [0.1, 0.15) is 12.6 Å². The number of hydrogen-bond acceptors (Lipinski definition) is 2. The molecule has 0 heterocycles. The van der Waals surface area contributed by atoms with E-state index in [1.165, 1.54) is 0 Å². The quantitative estimate of drug-likeness (QED) is 0.875. The summed E-state index contributed by atoms with van der Waals surface area (Å²) in [4.78, 5) is 12.9. The number of halogens is 3. The summed E-state index contributed by atoms with van der Waals surface area (Å²) < 4.78 is 37.6. The molecule has 1 aromatic carbocycles. The van der Waals surface area contributed by atoms with Crippen molar-refractivity contribution in [1.82, 2.24) is 4.90 Å². The van der Waals surface area contributed by atoms with Crippen LogP contribution in [0.5, 0.6) is 0 Å². The first kappa shape index (κ1) is 16.5. The fraction of sp³-hybridized carbons (Fsp3) is 0.500. The molecule has 1 rings (SSSR count). The molecular weight excluding hydrogens is 269 g/mol. The predicted octanol–water partition coefficient (Wildman–Crippen LogP) is 2.88. The van der Waals surface area contributed by atoms with Crippen LogP contribution >= 0.6 is 0 Å². The monoisotopic (exact) mass is 288 g/mol. The predicted molar refractivity (Wildman–Crippen MR) is 70.9 cm³/mol. The third kappa shape index (κ3) is 5.21. The Morgan fingerprint density at radius 2 is 1.90 bits per heavy atom. The van der Waals surface area contributed by atoms with Gasteiger partial charge in [0, 0.05) is 6.54 Å². The number of hydrogen-bond donors (Lipinski definition) is 1. The van der Waals surface area contributed by atoms with E-state index < -0.39 is 24.7 Å². The number of alkyl halides is 3. The Labute approximate surface area is 116 Å². The van der Waals surface area contributed by atoms with E-state index in [0.717, 1.165) is 4.90 Å². The first-order chi connectivity index (χ1) is 9.35. The molecule has 1 aromatic rings. The number of nitrogens with zero attached hydrogens (tertiary/aromatic N) is 1. The first-order valence-corrected chi connectivity index (χ1v) is 6.51. The van der Waals surface area contributed by atoms with Gasteiger partial charge in [0.15, 0.2) is 0 Å². The maximum absolute atomic E-state index is 12.5. The van der Waals surface area contributed by atoms with Gasteiger partial charge in [0.05, 0.1) is 0 Å². The van der Waals surface area contributed by atoms with Crippen molar-refractivity contribution in [3.05, 3.63) is 35.9 Å². The normalized spacial score (nSPS) is 13.1. The van der Waals surface area contributed by atoms with Crippen LogP contribution in [0.3, 0.4) is 0 Å². The second-order valence-corrected chi connectivity index (χ2v) is 4.62. The summed E-state index contributed by atoms with van der Waals surface area (Å²) in [6, 6.07) is 7.36. The average molecular weight is 288 g/mol. The van der Waals surface area contributed by atoms with E-state index in [9.17, 15) is 18.0 Å². The Balaban J connectivity index is 2.81. The number of rotatable bonds is 6. The highest BCUT2D eigenvalue weighted by Gasteiger charge is 2.34. The molecule has 1 unspecified atom stereocenters. The first-order valence-electron chi connectivity index (χ1n) is 6.51. The number of amides is 1. The molecule has 0 aromatic heterocycles. The van der Waals surface area contributed by atoms with E-state index >= 15 is 0 Å². The van der Waals surface area contributed by atoms with Gasteiger partial charge in [-0.1, -0.05) is 43.7 Å². The van der Waals surface area contributed by atoms with Crippen LogP contribution in [0.1, 0.15) is 31.4 Å². The minimum Gasteiger partial charge on any atom is -0.332 e. The van der Waals surface area contributed by atoms with E-state index in [1.54, 1.807) is 30.3 Å². The molecule has 2 N–H and O–H groups in total. The molecule has 0 spiro atoms. The average Bonchev–Trinajstić information content (AvgIpc) is 2.41. The van der Waals surface area contributed by atoms with Crippen molar-refractivity contribution >= 4 is 5.91 Å². The van der Waals surface area contributed by atoms with E-state index in [2.05, 4.69) is 0 Å². The third-order valence-corrected chi connectivity index (χ3v) is 2.89. The van der Waals surface area contributed by atoms with Gasteiger partial charge < -0.3 is 10.6 Å². The minimum absolute atomic E-state index is 0.0649. The van der Waals surface area contributed by atoms with Gasteiger partial charge >= 0.3 is 6.18 Å². The molecule has 0 saturated heterocycles. The second-order valence-electron chi connectivity index (χ2n) is 4.62. The standard InChI is InChI=1S/C14H19F3N2O/c1-2-3-9-19(10-14(15,16)17)13(20)12(18)11-7-5-4-6-8-11/h4-8,12H,2-3,9-10,18H2,1H3. The molecule has 112 valence electrons. The Morgan fingerprint density at radius 1 is 1.30 bits per heavy atom. The van der Waals surface area contributed by atoms with Gasteiger partial charge in [-0.05, 0) is 12.0 Å². The number of unbranched alkanes of at least 4 members (excludes halogenated alkanes) is 1. The third-order valence-electron chi connectivity index (χ3n) is 2.89. The van der Waals surface area contributed by atoms with Crippen LogP contribution in [0.25, 0.3) is 0 Å². The van der Waals surface area contributed by atoms with Gasteiger partial charge in [-0.15, -0.1) is 0 Å². The van der Waals surface area contributed by atoms with E-state index in [-0.39, 0.29) is 6.54 Å². The maximum atomic E-state index is 12.5. The summed E-state index contributed by atoms with van der Waals surface area (Å²) in [6.45, 7) is 0.662. The largest absolute Gasteiger partial charge is 0.406 e. The molecule has 20 heavy (non-hydrogen) atoms. The van der Waals surface area contributed by atoms with E-state index in [1.807, 2.05) is 6.92 Å². The zero-order valence-electron chi connectivity index (χ0n) is 11.4. The summed E-state index contributed by atoms with van der Waals surface area (Å²) >= 11 is 0. The number of carbonyl (C=O) groups is 1. The molecule has 3 nitrogen and oxygen atoms in total. The number of nitrogens with two attached hydrogens (primary N) is 1. The van der Waals surface area contributed by atoms with Gasteiger partial charge in [-0.2, -0.15) is 13.2 Å². The molecule has 0 bridgehead atoms. The molecule has 1 amide bonds. The van der Waals surface area contributed by atoms with Gasteiger partial charge in [-0.25, -0.2) is 0 Å². The van der Waals surface area contributed by atoms with Crippen molar-refractivity contribution < 1.29 is 18.0 Å². The van der Waals surface area contributed by atoms with Crippen molar-refractivity contribution in [1.29, 1.82) is 0 Å². The summed E-state index contributed by atoms with van der Waals surface area (Å²) in [7, 11) is 0. The van der Waals surface area contributed by atoms with Gasteiger partial charge in [0.2, 0.25) is 5.91 Å². The zero-order chi connectivity index (χ0) is 15.2. The summed E-state index contributed by atoms with van der Waals surface area (Å²) in [5.41, 5.74) is 6.29. The summed E-state index contributed by atoms with van der Waals surface area (Å²) in [6.07, 6.45) is -3.19. The lowest BCUT2D eigenvalue weighted by Gasteiger charge is -2.26. The lowest BCUT2D eigenvalue weighted by atomic mass is 10.1. The minimum atomic E-state index is -4.42. The molecule has 0 saturated carbocycles. The maximum Gasteiger partial charge on any atom is 0.406 e. The Hall–Kier alpha value is -1.56. The van der Waals surface area contributed by atoms with Crippen LogP contribution in [0, 0.1) is 0 Å². The zero-order valence-corrected chi connectivity index (χ0v) is 11.4. The molecular formula is C14H19F3N2O. The van der Waals surface area contributed by atoms with Crippen LogP contribution in [0.15, 0.2) is 30.3 Å². The van der Waals surface area contributed by atoms with Gasteiger partial charge in [0.25, 0.3) is 0 Å². The second kappa shape index (κ2) is 7.28. The lowest BCUT2D eigenvalue weighted by molar-refractivity contribution is -0.162. The summed E-state index contributed by atoms with van der Waals surface area (Å²) in [5, 5.41) is 0. The molecule has 0 fully saturated rings. The van der Waals surface area contributed by atoms with Gasteiger partial charge in [-0.3, -0.25) is 4.79 Å². The van der Waals surface area contributed by atoms with Crippen molar-refractivity contribution in [2.45, 2.75) is 32.0 Å². The number of benzene rings is 1. The smallest absolute Gasteiger partial charge is 0.332 e. The Kier molecular flexibility index (Phi) is 6.01. The van der Waals surface area contributed by atoms with E-state index in [0.29, 0.717) is 18.4 Å². The molecule has 1 atom stereocenters. The number of carbonyl (C=O) groups excluding carboxylic acids is 1. The molecule has 0 aliphatic rings. The van der Waals surface area contributed by atoms with Crippen LogP contribution < -0.4 is 5.73 Å². The summed E-state index contributed by atoms with van der Waals surface area (Å²) in [5.74, 6) is -0.693. The lowest BCUT2D eigenvalue weighted by Crippen LogP contribution is -2.44. The SMILES string of the molecule is CCCCN(CC(F)(F)F)C(=O)C(N)c1ccccc1. The molecule has 6 heteroatoms. The van der Waals surface area contributed by atoms with Crippen LogP contribution in [-0.4, -0.2) is 30.1 Å². The molecule has 0 aliphatic carbocycles. The molecule has 0 radical (unpaired) electrons. The highest BCUT2D eigenvalue weighted by atomic mass is 19.4. The highest BCUT2D eigenvalue weighted by molar-refractivity contribution is 5.83. The van der Waals surface area contributed by atoms with E-state index in [4.69, 9.17) is 5.73 Å². The molecule has 0 aliphatic heterocycles. The topological polar surface area (TPSA) is 46.3 Å². The van der Waals surface area contributed by atoms with Crippen molar-refractivity contribution in [3.8, 4) is 0 Å². The van der Waals surface area contributed by atoms with Crippen LogP contribution in [0.2, 0.25) is 0 Å². The Bertz CT molecular complexity index is 420. The van der Waals surface area contributed by atoms with Crippen molar-refractivity contribution in [2.24, 2.45) is 5.73 Å². The van der Waals surface area contributed by atoms with Crippen LogP contribution in [-0.2, 0) is 4.79 Å². The van der Waals surface area contributed by atoms with Crippen LogP contribution in [0.4, 0.5) is 13.2 Å². The van der Waals surface area contributed by atoms with Crippen molar-refractivity contribution in [2.75, 3.05) is 13.1 Å². The highest BCUT2D eigenvalue weighted by Crippen LogP contribution is 2.20. The Morgan fingerprint density at radius 3 is 2.40 bits per heavy atom. The fourth-order valence-corrected chi connectivity index (χ4v) is 1.83. The van der Waals surface area contributed by atoms with Crippen molar-refractivity contribution in [3.63, 3.8) is 0 Å². The fourth-order valence-electron chi connectivity index (χ4n) is 1.83.